The fraction of sp³-hybridized carbons (Fsp3) is 0.351. The van der Waals surface area contributed by atoms with E-state index in [9.17, 15) is 8.78 Å². The predicted octanol–water partition coefficient (Wildman–Crippen LogP) is 8.43. The van der Waals surface area contributed by atoms with Gasteiger partial charge in [0.15, 0.2) is 0 Å². The zero-order valence-electron chi connectivity index (χ0n) is 24.0. The maximum absolute atomic E-state index is 14.8. The van der Waals surface area contributed by atoms with Gasteiger partial charge in [-0.3, -0.25) is 0 Å². The first kappa shape index (κ1) is 22.6. The predicted molar refractivity (Wildman–Crippen MR) is 171 cm³/mol. The van der Waals surface area contributed by atoms with Crippen molar-refractivity contribution in [3.63, 3.8) is 0 Å². The molecule has 10 heterocycles. The molecule has 10 fully saturated rings. The number of rotatable bonds is 8. The number of benzene rings is 4. The van der Waals surface area contributed by atoms with Crippen molar-refractivity contribution in [2.75, 3.05) is 7.05 Å². The molecule has 10 aliphatic heterocycles. The molecule has 10 aliphatic rings. The summed E-state index contributed by atoms with van der Waals surface area (Å²) < 4.78 is 33.3. The van der Waals surface area contributed by atoms with E-state index in [1.807, 2.05) is 12.1 Å². The van der Waals surface area contributed by atoms with Crippen molar-refractivity contribution >= 4 is 37.2 Å². The van der Waals surface area contributed by atoms with E-state index in [1.165, 1.54) is 0 Å². The first-order chi connectivity index (χ1) is 20.7. The topological polar surface area (TPSA) is 3.24 Å². The molecule has 10 saturated heterocycles. The molecule has 1 spiro atoms. The first-order valence-electron chi connectivity index (χ1n) is 15.9. The van der Waals surface area contributed by atoms with Gasteiger partial charge in [-0.05, 0) is 0 Å². The van der Waals surface area contributed by atoms with Crippen LogP contribution < -0.4 is 21.2 Å². The van der Waals surface area contributed by atoms with E-state index >= 15 is 0 Å². The summed E-state index contributed by atoms with van der Waals surface area (Å²) in [4.78, 5) is 9.14. The molecule has 4 aromatic carbocycles. The molecule has 4 aromatic rings. The Kier molecular flexibility index (Phi) is 1.99. The van der Waals surface area contributed by atoms with E-state index in [-0.39, 0.29) is 11.6 Å². The number of hydrogen-bond acceptors (Lipinski definition) is 1. The molecule has 0 saturated carbocycles. The van der Waals surface area contributed by atoms with Crippen molar-refractivity contribution in [3.8, 4) is 0 Å². The molecule has 0 radical (unpaired) electrons. The average Bonchev–Trinajstić information content (AvgIpc) is 3.97. The van der Waals surface area contributed by atoms with Gasteiger partial charge in [0.2, 0.25) is 0 Å². The summed E-state index contributed by atoms with van der Waals surface area (Å²) in [5.41, 5.74) is 0. The number of nitrogens with zero attached hydrogens (tertiary/aromatic N) is 1. The van der Waals surface area contributed by atoms with Gasteiger partial charge in [-0.25, -0.2) is 0 Å². The van der Waals surface area contributed by atoms with Crippen LogP contribution in [0.4, 0.5) is 8.78 Å². The fourth-order valence-electron chi connectivity index (χ4n) is 22.3. The summed E-state index contributed by atoms with van der Waals surface area (Å²) in [7, 11) is 0.814. The van der Waals surface area contributed by atoms with Gasteiger partial charge < -0.3 is 0 Å². The second-order valence-electron chi connectivity index (χ2n) is 17.3. The molecule has 0 N–H and O–H groups in total. The molecule has 0 bridgehead atoms. The van der Waals surface area contributed by atoms with Crippen LogP contribution in [0.3, 0.4) is 0 Å². The second-order valence-corrected chi connectivity index (χ2v) is 45.6. The molecule has 4 unspecified atom stereocenters. The van der Waals surface area contributed by atoms with Gasteiger partial charge in [-0.1, -0.05) is 0 Å². The quantitative estimate of drug-likeness (QED) is 0.137. The normalized spacial score (nSPS) is 56.9. The molecule has 6 heteroatoms. The Morgan fingerprint density at radius 1 is 0.628 bits per heavy atom. The molecule has 218 valence electrons. The Morgan fingerprint density at radius 3 is 1.51 bits per heavy atom. The Bertz CT molecular complexity index is 2290. The number of halogens is 2. The molecule has 0 aliphatic carbocycles. The van der Waals surface area contributed by atoms with Crippen molar-refractivity contribution in [1.29, 1.82) is 0 Å². The van der Waals surface area contributed by atoms with Crippen LogP contribution >= 0.6 is 16.0 Å². The van der Waals surface area contributed by atoms with E-state index in [0.29, 0.717) is 14.4 Å². The van der Waals surface area contributed by atoms with Crippen LogP contribution in [0.2, 0.25) is 42.8 Å². The van der Waals surface area contributed by atoms with Gasteiger partial charge in [0, 0.05) is 0 Å². The zero-order valence-corrected chi connectivity index (χ0v) is 26.9. The van der Waals surface area contributed by atoms with Gasteiger partial charge in [0.1, 0.15) is 0 Å². The summed E-state index contributed by atoms with van der Waals surface area (Å²) in [6.07, 6.45) is 0. The van der Waals surface area contributed by atoms with Crippen molar-refractivity contribution in [3.05, 3.63) is 121 Å². The van der Waals surface area contributed by atoms with Crippen molar-refractivity contribution in [2.45, 2.75) is 59.9 Å². The van der Waals surface area contributed by atoms with E-state index in [4.69, 9.17) is 0 Å². The number of hydrogen-bond donors (Lipinski definition) is 0. The summed E-state index contributed by atoms with van der Waals surface area (Å²) in [5.74, 6) is -0.401. The molecule has 0 aromatic heterocycles. The molecule has 6 atom stereocenters. The molecule has 14 rings (SSSR count). The van der Waals surface area contributed by atoms with Crippen LogP contribution in [0.15, 0.2) is 109 Å². The Balaban J connectivity index is 1.03. The van der Waals surface area contributed by atoms with E-state index in [2.05, 4.69) is 91.4 Å². The molecule has 0 amide bonds. The van der Waals surface area contributed by atoms with E-state index < -0.39 is 22.5 Å². The molecular weight excluding hydrogens is 614 g/mol. The van der Waals surface area contributed by atoms with Crippen LogP contribution in [-0.4, -0.2) is 21.8 Å². The third kappa shape index (κ3) is 0.659. The number of fused-ring (bicyclic) bond motifs is 10. The Labute approximate surface area is 243 Å². The van der Waals surface area contributed by atoms with E-state index in [0.717, 1.165) is 49.1 Å². The second kappa shape index (κ2) is 3.79. The third-order valence-corrected chi connectivity index (χ3v) is 73.5. The van der Waals surface area contributed by atoms with Gasteiger partial charge in [-0.2, -0.15) is 0 Å². The minimum absolute atomic E-state index is 0.200. The monoisotopic (exact) mass is 647 g/mol. The first-order valence-corrected chi connectivity index (χ1v) is 24.7. The van der Waals surface area contributed by atoms with Gasteiger partial charge >= 0.3 is 245 Å². The van der Waals surface area contributed by atoms with Crippen LogP contribution in [0, 0.1) is 11.6 Å². The fourth-order valence-corrected chi connectivity index (χ4v) is 117. The van der Waals surface area contributed by atoms with Crippen LogP contribution in [0.1, 0.15) is 6.92 Å². The van der Waals surface area contributed by atoms with Crippen LogP contribution in [0.25, 0.3) is 0 Å². The summed E-state index contributed by atoms with van der Waals surface area (Å²) in [6, 6.07) is 38.2. The Morgan fingerprint density at radius 2 is 1.09 bits per heavy atom. The van der Waals surface area contributed by atoms with Crippen molar-refractivity contribution < 1.29 is 15.3 Å². The minimum atomic E-state index is -4.00. The molecule has 43 heavy (non-hydrogen) atoms. The summed E-state index contributed by atoms with van der Waals surface area (Å²) in [5, 5.41) is 5.24. The van der Waals surface area contributed by atoms with Gasteiger partial charge in [-0.15, -0.1) is 0 Å². The van der Waals surface area contributed by atoms with E-state index in [1.54, 1.807) is 34.9 Å². The maximum atomic E-state index is 14.8. The standard InChI is InChI=1S/C32H28F2NP2.C5H5.Fe/c1-24(35(2)37(29-18-9-12-25(33)22-29)30-19-10-13-26(34)23-30)31-20-11-21-32(31)36(27-14-5-3-6-15-27)28-16-7-4-8-17-28;1-2-4-5-3-1;/h3-24H,1-2H3;1-5H;/t24-;;/m1../s1. The van der Waals surface area contributed by atoms with Gasteiger partial charge in [0.05, 0.1) is 0 Å². The molecule has 1 nitrogen and oxygen atoms in total. The van der Waals surface area contributed by atoms with Crippen LogP contribution in [0.5, 0.6) is 0 Å². The zero-order chi connectivity index (χ0) is 28.4. The van der Waals surface area contributed by atoms with Gasteiger partial charge in [0.25, 0.3) is 0 Å². The average molecular weight is 647 g/mol. The third-order valence-electron chi connectivity index (χ3n) is 20.8. The van der Waals surface area contributed by atoms with Crippen molar-refractivity contribution in [1.82, 2.24) is 4.67 Å². The Hall–Kier alpha value is -1.92. The molecular formula is C37H33F2FeNP2. The summed E-state index contributed by atoms with van der Waals surface area (Å²) >= 11 is 0. The van der Waals surface area contributed by atoms with Crippen LogP contribution in [-0.2, 0) is 6.51 Å². The SMILES string of the molecule is C[C@@H](N(C)P(c1cccc(F)c1)c1cccc(F)c1)[C@@]12[CH]3[CH]4[CH]5[C]1(P(c1ccccc1)c1ccccc1)[Fe]45321678[CH]2[CH]1[CH]6[CH]7[CH]28. The summed E-state index contributed by atoms with van der Waals surface area (Å²) in [6.45, 7) is -1.40. The van der Waals surface area contributed by atoms with Crippen molar-refractivity contribution in [2.24, 2.45) is 0 Å².